The van der Waals surface area contributed by atoms with Crippen LogP contribution in [0.4, 0.5) is 4.39 Å². The minimum absolute atomic E-state index is 0. The molecule has 0 aliphatic heterocycles. The van der Waals surface area contributed by atoms with Crippen LogP contribution in [0.5, 0.6) is 11.5 Å². The van der Waals surface area contributed by atoms with E-state index in [1.807, 2.05) is 32.0 Å². The van der Waals surface area contributed by atoms with Crippen LogP contribution in [-0.4, -0.2) is 40.7 Å². The van der Waals surface area contributed by atoms with Crippen molar-refractivity contribution >= 4 is 61.5 Å². The van der Waals surface area contributed by atoms with Gasteiger partial charge in [0, 0.05) is 15.1 Å². The zero-order chi connectivity index (χ0) is 28.0. The second-order valence-corrected chi connectivity index (χ2v) is 9.28. The Kier molecular flexibility index (Phi) is 24.8. The molecule has 9 nitrogen and oxygen atoms in total. The number of aromatic amines is 1. The molecule has 2 aromatic heterocycles. The Morgan fingerprint density at radius 1 is 1.03 bits per heavy atom. The maximum atomic E-state index is 12.6. The number of aryl methyl sites for hydroxylation is 2. The van der Waals surface area contributed by atoms with Gasteiger partial charge in [0.1, 0.15) is 11.4 Å². The number of hydrogen-bond acceptors (Lipinski definition) is 7. The molecule has 4 rings (SSSR count). The van der Waals surface area contributed by atoms with Gasteiger partial charge >= 0.3 is 103 Å². The molecule has 0 spiro atoms. The van der Waals surface area contributed by atoms with E-state index < -0.39 is 0 Å². The van der Waals surface area contributed by atoms with Crippen molar-refractivity contribution in [2.45, 2.75) is 13.8 Å². The summed E-state index contributed by atoms with van der Waals surface area (Å²) < 4.78 is 26.1. The Bertz CT molecular complexity index is 1260. The van der Waals surface area contributed by atoms with Gasteiger partial charge in [0.15, 0.2) is 11.6 Å². The van der Waals surface area contributed by atoms with Crippen molar-refractivity contribution < 1.29 is 133 Å². The third-order valence-corrected chi connectivity index (χ3v) is 5.89. The van der Waals surface area contributed by atoms with Crippen LogP contribution in [0, 0.1) is 19.7 Å². The summed E-state index contributed by atoms with van der Waals surface area (Å²) in [4.78, 5) is 11.2. The molecule has 16 heteroatoms. The van der Waals surface area contributed by atoms with Crippen LogP contribution in [0.2, 0.25) is 10.0 Å². The quantitative estimate of drug-likeness (QED) is 0.136. The molecule has 2 heterocycles. The summed E-state index contributed by atoms with van der Waals surface area (Å²) in [7, 11) is 3.06. The fourth-order valence-corrected chi connectivity index (χ4v) is 3.27. The molecule has 0 fully saturated rings. The second kappa shape index (κ2) is 23.1. The predicted molar refractivity (Wildman–Crippen MR) is 145 cm³/mol. The Labute approximate surface area is 339 Å². The van der Waals surface area contributed by atoms with Gasteiger partial charge in [-0.15, -0.1) is 0 Å². The van der Waals surface area contributed by atoms with Crippen molar-refractivity contribution in [3.8, 4) is 17.2 Å². The van der Waals surface area contributed by atoms with E-state index >= 15 is 0 Å². The molecule has 0 saturated heterocycles. The molecule has 4 aromatic rings. The molecule has 39 heavy (non-hydrogen) atoms. The fraction of sp³-hybridized carbons (Fsp3) is 0.174. The smallest absolute Gasteiger partial charge is 1.00 e. The third kappa shape index (κ3) is 15.6. The van der Waals surface area contributed by atoms with Gasteiger partial charge in [0.25, 0.3) is 6.47 Å². The summed E-state index contributed by atoms with van der Waals surface area (Å²) in [6.07, 6.45) is 3.35. The van der Waals surface area contributed by atoms with Crippen LogP contribution >= 0.6 is 55.1 Å². The average Bonchev–Trinajstić information content (AvgIpc) is 3.43. The summed E-state index contributed by atoms with van der Waals surface area (Å²) in [6, 6.07) is 10.3. The number of nitrogens with one attached hydrogen (secondary N) is 1. The van der Waals surface area contributed by atoms with Crippen LogP contribution < -0.4 is 118 Å². The number of rotatable bonds is 4. The normalized spacial score (nSPS) is 8.97. The first-order valence-electron chi connectivity index (χ1n) is 10.00. The van der Waals surface area contributed by atoms with Gasteiger partial charge in [-0.2, -0.15) is 10.2 Å². The van der Waals surface area contributed by atoms with Crippen molar-refractivity contribution in [1.82, 2.24) is 20.0 Å². The Morgan fingerprint density at radius 2 is 1.56 bits per heavy atom. The molecule has 1 N–H and O–H groups in total. The van der Waals surface area contributed by atoms with E-state index in [1.54, 1.807) is 36.3 Å². The van der Waals surface area contributed by atoms with Crippen molar-refractivity contribution in [3.63, 3.8) is 0 Å². The Balaban J connectivity index is -0.000000495. The number of aromatic nitrogens is 4. The summed E-state index contributed by atoms with van der Waals surface area (Å²) in [5.74, 6) is 0.661. The van der Waals surface area contributed by atoms with E-state index in [0.29, 0.717) is 10.0 Å². The van der Waals surface area contributed by atoms with E-state index in [1.165, 1.54) is 13.2 Å². The number of carbonyl (C=O) groups is 1. The number of ether oxygens (including phenoxy) is 2. The van der Waals surface area contributed by atoms with Crippen molar-refractivity contribution in [2.75, 3.05) is 14.2 Å². The van der Waals surface area contributed by atoms with Gasteiger partial charge in [-0.1, -0.05) is 55.1 Å². The van der Waals surface area contributed by atoms with E-state index in [2.05, 4.69) is 52.0 Å². The molecule has 2 aromatic carbocycles. The number of methoxy groups -OCH3 is 2. The number of H-pyrrole nitrogens is 1. The molecule has 0 bridgehead atoms. The summed E-state index contributed by atoms with van der Waals surface area (Å²) in [5.41, 5.74) is 2.58. The molecule has 0 aliphatic rings. The molecule has 0 amide bonds. The number of halogens is 5. The first kappa shape index (κ1) is 41.8. The first-order chi connectivity index (χ1) is 17.6. The molecular weight excluding hydrogens is 740 g/mol. The number of carbonyl (C=O) groups excluding carboxylic acids is 1. The van der Waals surface area contributed by atoms with E-state index in [-0.39, 0.29) is 122 Å². The van der Waals surface area contributed by atoms with E-state index in [4.69, 9.17) is 42.7 Å². The average molecular weight is 763 g/mol. The second-order valence-electron chi connectivity index (χ2n) is 6.64. The van der Waals surface area contributed by atoms with Crippen LogP contribution in [0.25, 0.3) is 5.69 Å². The molecule has 0 radical (unpaired) electrons. The molecule has 0 unspecified atom stereocenters. The van der Waals surface area contributed by atoms with Gasteiger partial charge in [0.05, 0.1) is 41.8 Å². The largest absolute Gasteiger partial charge is 1.00 e. The standard InChI is InChI=1S/C11H10BrClN2O.C7H6BrFO.C4H5ClN2.CH2O3.2K.H/c1-7-9(13)6-15(14-7)10-4-3-8(12)5-11(10)16-2;1-10-7-4-5(8)2-3-6(7)9;1-3-4(5)2-6-7-3;2-1-4-3;;;/h3-6H,1-2H3;2-4H,1H3;2H,1H3,(H,6,7);1,3H;;;/q;;;;2*+1;-1/p-1. The van der Waals surface area contributed by atoms with Crippen LogP contribution in [0.15, 0.2) is 57.7 Å². The zero-order valence-electron chi connectivity index (χ0n) is 23.0. The molecular formula is C23H23Br2Cl2FK2N4O5. The van der Waals surface area contributed by atoms with Gasteiger partial charge in [-0.05, 0) is 50.2 Å². The number of benzene rings is 2. The zero-order valence-corrected chi connectivity index (χ0v) is 32.9. The fourth-order valence-electron chi connectivity index (χ4n) is 2.37. The minimum Gasteiger partial charge on any atom is -1.00 e. The van der Waals surface area contributed by atoms with Crippen molar-refractivity contribution in [2.24, 2.45) is 0 Å². The van der Waals surface area contributed by atoms with Gasteiger partial charge in [-0.25, -0.2) is 9.07 Å². The third-order valence-electron chi connectivity index (χ3n) is 4.15. The predicted octanol–water partition coefficient (Wildman–Crippen LogP) is 0.129. The van der Waals surface area contributed by atoms with Crippen LogP contribution in [0.3, 0.4) is 0 Å². The summed E-state index contributed by atoms with van der Waals surface area (Å²) in [6.45, 7) is 3.56. The van der Waals surface area contributed by atoms with Gasteiger partial charge in [-0.3, -0.25) is 9.89 Å². The van der Waals surface area contributed by atoms with E-state index in [0.717, 1.165) is 31.8 Å². The Hall–Kier alpha value is 0.633. The maximum absolute atomic E-state index is 12.6. The van der Waals surface area contributed by atoms with Gasteiger partial charge in [0.2, 0.25) is 0 Å². The summed E-state index contributed by atoms with van der Waals surface area (Å²) >= 11 is 18.1. The monoisotopic (exact) mass is 760 g/mol. The molecule has 0 aliphatic carbocycles. The topological polar surface area (TPSA) is 114 Å². The summed E-state index contributed by atoms with van der Waals surface area (Å²) in [5, 5.41) is 20.4. The van der Waals surface area contributed by atoms with Crippen LogP contribution in [-0.2, 0) is 9.68 Å². The van der Waals surface area contributed by atoms with Gasteiger partial charge < -0.3 is 21.0 Å². The molecule has 202 valence electrons. The first-order valence-corrected chi connectivity index (χ1v) is 12.3. The number of hydrogen-bond donors (Lipinski definition) is 1. The minimum atomic E-state index is -0.342. The number of nitrogens with zero attached hydrogens (tertiary/aromatic N) is 3. The molecule has 0 saturated carbocycles. The van der Waals surface area contributed by atoms with Crippen molar-refractivity contribution in [3.05, 3.63) is 85.0 Å². The maximum Gasteiger partial charge on any atom is 1.00 e. The van der Waals surface area contributed by atoms with Crippen LogP contribution in [0.1, 0.15) is 12.8 Å². The SMILES string of the molecule is COc1cc(Br)ccc1-n1cc(Cl)c(C)n1.COc1cc(Br)ccc1F.Cc1[nH]ncc1Cl.O=CO[O-].[H-].[K+].[K+]. The Morgan fingerprint density at radius 3 is 1.92 bits per heavy atom. The van der Waals surface area contributed by atoms with E-state index in [9.17, 15) is 4.39 Å². The van der Waals surface area contributed by atoms with Crippen molar-refractivity contribution in [1.29, 1.82) is 0 Å². The molecule has 0 atom stereocenters.